The fraction of sp³-hybridized carbons (Fsp3) is 0.438. The molecule has 19 heavy (non-hydrogen) atoms. The van der Waals surface area contributed by atoms with Gasteiger partial charge >= 0.3 is 0 Å². The van der Waals surface area contributed by atoms with Gasteiger partial charge in [0.25, 0.3) is 0 Å². The molecule has 3 heteroatoms. The average Bonchev–Trinajstić information content (AvgIpc) is 2.76. The molecule has 1 heterocycles. The molecule has 0 bridgehead atoms. The first-order valence-electron chi connectivity index (χ1n) is 6.69. The van der Waals surface area contributed by atoms with Crippen LogP contribution >= 0.6 is 0 Å². The number of benzene rings is 1. The first kappa shape index (κ1) is 13.8. The van der Waals surface area contributed by atoms with E-state index in [1.165, 1.54) is 16.8 Å². The highest BCUT2D eigenvalue weighted by Crippen LogP contribution is 2.32. The molecular weight excluding hydrogens is 234 g/mol. The van der Waals surface area contributed by atoms with Crippen LogP contribution in [0, 0.1) is 0 Å². The quantitative estimate of drug-likeness (QED) is 0.916. The monoisotopic (exact) mass is 257 g/mol. The molecule has 0 saturated heterocycles. The van der Waals surface area contributed by atoms with Gasteiger partial charge in [-0.3, -0.25) is 4.68 Å². The second-order valence-corrected chi connectivity index (χ2v) is 5.94. The fourth-order valence-electron chi connectivity index (χ4n) is 2.56. The molecule has 1 N–H and O–H groups in total. The van der Waals surface area contributed by atoms with Crippen LogP contribution < -0.4 is 5.32 Å². The van der Waals surface area contributed by atoms with Crippen molar-refractivity contribution in [1.82, 2.24) is 15.1 Å². The van der Waals surface area contributed by atoms with Gasteiger partial charge in [-0.25, -0.2) is 0 Å². The zero-order valence-corrected chi connectivity index (χ0v) is 12.4. The van der Waals surface area contributed by atoms with Crippen molar-refractivity contribution >= 4 is 0 Å². The second-order valence-electron chi connectivity index (χ2n) is 5.94. The molecule has 0 radical (unpaired) electrons. The number of aryl methyl sites for hydroxylation is 1. The van der Waals surface area contributed by atoms with E-state index in [0.717, 1.165) is 0 Å². The van der Waals surface area contributed by atoms with Crippen LogP contribution in [0.25, 0.3) is 0 Å². The summed E-state index contributed by atoms with van der Waals surface area (Å²) in [5, 5.41) is 7.69. The molecule has 1 unspecified atom stereocenters. The van der Waals surface area contributed by atoms with E-state index in [9.17, 15) is 0 Å². The minimum Gasteiger partial charge on any atom is -0.308 e. The Bertz CT molecular complexity index is 549. The Labute approximate surface area is 115 Å². The van der Waals surface area contributed by atoms with E-state index in [1.54, 1.807) is 0 Å². The van der Waals surface area contributed by atoms with Crippen LogP contribution in [0.2, 0.25) is 0 Å². The van der Waals surface area contributed by atoms with Crippen molar-refractivity contribution < 1.29 is 0 Å². The SMILES string of the molecule is CNC(c1ccccc1C(C)(C)C)c1ccnn1C. The number of hydrogen-bond acceptors (Lipinski definition) is 2. The molecule has 0 fully saturated rings. The van der Waals surface area contributed by atoms with E-state index in [4.69, 9.17) is 0 Å². The lowest BCUT2D eigenvalue weighted by Crippen LogP contribution is -2.25. The number of nitrogens with zero attached hydrogens (tertiary/aromatic N) is 2. The molecule has 0 aliphatic rings. The Hall–Kier alpha value is -1.61. The van der Waals surface area contributed by atoms with Crippen LogP contribution in [0.5, 0.6) is 0 Å². The van der Waals surface area contributed by atoms with Crippen molar-refractivity contribution in [3.8, 4) is 0 Å². The van der Waals surface area contributed by atoms with Crippen LogP contribution in [0.1, 0.15) is 43.6 Å². The highest BCUT2D eigenvalue weighted by molar-refractivity contribution is 5.39. The Morgan fingerprint density at radius 1 is 1.16 bits per heavy atom. The molecule has 1 aromatic carbocycles. The van der Waals surface area contributed by atoms with Crippen LogP contribution in [0.15, 0.2) is 36.5 Å². The third-order valence-electron chi connectivity index (χ3n) is 3.52. The molecule has 1 aromatic heterocycles. The van der Waals surface area contributed by atoms with Crippen molar-refractivity contribution in [3.05, 3.63) is 53.3 Å². The molecule has 3 nitrogen and oxygen atoms in total. The van der Waals surface area contributed by atoms with Gasteiger partial charge < -0.3 is 5.32 Å². The zero-order valence-electron chi connectivity index (χ0n) is 12.4. The molecular formula is C16H23N3. The van der Waals surface area contributed by atoms with Crippen molar-refractivity contribution in [2.45, 2.75) is 32.2 Å². The maximum absolute atomic E-state index is 4.28. The molecule has 2 aromatic rings. The fourth-order valence-corrected chi connectivity index (χ4v) is 2.56. The Morgan fingerprint density at radius 3 is 2.37 bits per heavy atom. The number of hydrogen-bond donors (Lipinski definition) is 1. The summed E-state index contributed by atoms with van der Waals surface area (Å²) in [4.78, 5) is 0. The summed E-state index contributed by atoms with van der Waals surface area (Å²) in [5.41, 5.74) is 4.00. The van der Waals surface area contributed by atoms with E-state index < -0.39 is 0 Å². The summed E-state index contributed by atoms with van der Waals surface area (Å²) in [7, 11) is 3.98. The topological polar surface area (TPSA) is 29.9 Å². The van der Waals surface area contributed by atoms with Gasteiger partial charge in [0.05, 0.1) is 11.7 Å². The Kier molecular flexibility index (Phi) is 3.76. The number of aromatic nitrogens is 2. The maximum Gasteiger partial charge on any atom is 0.0748 e. The van der Waals surface area contributed by atoms with Gasteiger partial charge in [0.1, 0.15) is 0 Å². The van der Waals surface area contributed by atoms with E-state index >= 15 is 0 Å². The van der Waals surface area contributed by atoms with Gasteiger partial charge in [-0.2, -0.15) is 5.10 Å². The minimum atomic E-state index is 0.129. The molecule has 0 amide bonds. The third-order valence-corrected chi connectivity index (χ3v) is 3.52. The first-order chi connectivity index (χ1) is 8.95. The van der Waals surface area contributed by atoms with Crippen molar-refractivity contribution in [1.29, 1.82) is 0 Å². The molecule has 0 aliphatic carbocycles. The van der Waals surface area contributed by atoms with Crippen LogP contribution in [-0.2, 0) is 12.5 Å². The van der Waals surface area contributed by atoms with Crippen molar-refractivity contribution in [3.63, 3.8) is 0 Å². The predicted molar refractivity (Wildman–Crippen MR) is 79.3 cm³/mol. The van der Waals surface area contributed by atoms with E-state index in [1.807, 2.05) is 25.0 Å². The van der Waals surface area contributed by atoms with Crippen molar-refractivity contribution in [2.24, 2.45) is 7.05 Å². The van der Waals surface area contributed by atoms with Gasteiger partial charge in [-0.15, -0.1) is 0 Å². The van der Waals surface area contributed by atoms with Crippen LogP contribution in [0.4, 0.5) is 0 Å². The molecule has 102 valence electrons. The highest BCUT2D eigenvalue weighted by atomic mass is 15.3. The summed E-state index contributed by atoms with van der Waals surface area (Å²) in [6.45, 7) is 6.76. The summed E-state index contributed by atoms with van der Waals surface area (Å²) in [6, 6.07) is 10.9. The third kappa shape index (κ3) is 2.71. The lowest BCUT2D eigenvalue weighted by Gasteiger charge is -2.27. The summed E-state index contributed by atoms with van der Waals surface area (Å²) >= 11 is 0. The Balaban J connectivity index is 2.54. The summed E-state index contributed by atoms with van der Waals surface area (Å²) in [5.74, 6) is 0. The van der Waals surface area contributed by atoms with E-state index in [-0.39, 0.29) is 11.5 Å². The standard InChI is InChI=1S/C16H23N3/c1-16(2,3)13-9-7-6-8-12(13)15(17-4)14-10-11-18-19(14)5/h6-11,15,17H,1-5H3. The molecule has 0 aliphatic heterocycles. The highest BCUT2D eigenvalue weighted by Gasteiger charge is 2.24. The summed E-state index contributed by atoms with van der Waals surface area (Å²) in [6.07, 6.45) is 1.85. The molecule has 2 rings (SSSR count). The predicted octanol–water partition coefficient (Wildman–Crippen LogP) is 3.03. The molecule has 1 atom stereocenters. The normalized spacial score (nSPS) is 13.5. The van der Waals surface area contributed by atoms with Gasteiger partial charge in [0.15, 0.2) is 0 Å². The van der Waals surface area contributed by atoms with Crippen LogP contribution in [0.3, 0.4) is 0 Å². The van der Waals surface area contributed by atoms with E-state index in [2.05, 4.69) is 61.5 Å². The number of nitrogens with one attached hydrogen (secondary N) is 1. The lowest BCUT2D eigenvalue weighted by molar-refractivity contribution is 0.552. The second kappa shape index (κ2) is 5.17. The van der Waals surface area contributed by atoms with Crippen LogP contribution in [-0.4, -0.2) is 16.8 Å². The van der Waals surface area contributed by atoms with Gasteiger partial charge in [-0.1, -0.05) is 45.0 Å². The van der Waals surface area contributed by atoms with Crippen molar-refractivity contribution in [2.75, 3.05) is 7.05 Å². The zero-order chi connectivity index (χ0) is 14.0. The Morgan fingerprint density at radius 2 is 1.84 bits per heavy atom. The smallest absolute Gasteiger partial charge is 0.0748 e. The molecule has 0 saturated carbocycles. The summed E-state index contributed by atoms with van der Waals surface area (Å²) < 4.78 is 1.93. The van der Waals surface area contributed by atoms with Gasteiger partial charge in [0, 0.05) is 13.2 Å². The first-order valence-corrected chi connectivity index (χ1v) is 6.69. The minimum absolute atomic E-state index is 0.129. The van der Waals surface area contributed by atoms with Gasteiger partial charge in [0.2, 0.25) is 0 Å². The lowest BCUT2D eigenvalue weighted by atomic mass is 9.81. The number of rotatable bonds is 3. The largest absolute Gasteiger partial charge is 0.308 e. The average molecular weight is 257 g/mol. The van der Waals surface area contributed by atoms with E-state index in [0.29, 0.717) is 0 Å². The molecule has 0 spiro atoms. The van der Waals surface area contributed by atoms with Gasteiger partial charge in [-0.05, 0) is 29.7 Å². The maximum atomic E-state index is 4.28.